The standard InChI is InChI=1S/C30H49NO9/c1-8-24-19(5)29-25(39-29)10-9-22(33)16(2)13-20(11-12-32)28(18(4)23(34)15-26(35)38-24)40-30-27(36)21(31(6)7)14-17(3)37-30/h9-10,12,16-21,23-25,27-30,34,36H,8,11,13-15H2,1-7H3. The minimum absolute atomic E-state index is 0.0756. The molecule has 0 aromatic carbocycles. The van der Waals surface area contributed by atoms with Gasteiger partial charge in [-0.3, -0.25) is 9.59 Å². The highest BCUT2D eigenvalue weighted by Crippen LogP contribution is 2.36. The van der Waals surface area contributed by atoms with Crippen LogP contribution in [-0.4, -0.2) is 102 Å². The molecule has 10 heteroatoms. The molecule has 0 amide bonds. The number of carbonyl (C=O) groups excluding carboxylic acids is 3. The molecule has 0 radical (unpaired) electrons. The Morgan fingerprint density at radius 2 is 1.77 bits per heavy atom. The number of aldehydes is 1. The highest BCUT2D eigenvalue weighted by molar-refractivity contribution is 5.91. The van der Waals surface area contributed by atoms with E-state index < -0.39 is 54.4 Å². The van der Waals surface area contributed by atoms with E-state index in [1.807, 2.05) is 39.8 Å². The summed E-state index contributed by atoms with van der Waals surface area (Å²) in [5, 5.41) is 22.3. The first-order valence-electron chi connectivity index (χ1n) is 14.7. The zero-order valence-electron chi connectivity index (χ0n) is 25.0. The van der Waals surface area contributed by atoms with Crippen LogP contribution in [0.2, 0.25) is 0 Å². The molecule has 0 saturated carbocycles. The first kappa shape index (κ1) is 32.8. The quantitative estimate of drug-likeness (QED) is 0.280. The molecule has 0 aromatic rings. The molecule has 40 heavy (non-hydrogen) atoms. The monoisotopic (exact) mass is 567 g/mol. The van der Waals surface area contributed by atoms with Crippen molar-refractivity contribution in [2.24, 2.45) is 23.7 Å². The van der Waals surface area contributed by atoms with Crippen molar-refractivity contribution in [3.63, 3.8) is 0 Å². The molecule has 3 rings (SSSR count). The Balaban J connectivity index is 1.93. The Hall–Kier alpha value is -1.69. The molecule has 3 aliphatic rings. The number of likely N-dealkylation sites (N-methyl/N-ethyl adjacent to an activating group) is 1. The lowest BCUT2D eigenvalue weighted by molar-refractivity contribution is -0.283. The van der Waals surface area contributed by atoms with Crippen LogP contribution in [0.4, 0.5) is 0 Å². The van der Waals surface area contributed by atoms with Crippen LogP contribution in [0.1, 0.15) is 66.7 Å². The molecule has 0 spiro atoms. The average molecular weight is 568 g/mol. The number of epoxide rings is 1. The highest BCUT2D eigenvalue weighted by Gasteiger charge is 2.46. The molecule has 0 aliphatic carbocycles. The number of aliphatic hydroxyl groups excluding tert-OH is 2. The molecule has 13 atom stereocenters. The van der Waals surface area contributed by atoms with Gasteiger partial charge in [-0.15, -0.1) is 0 Å². The van der Waals surface area contributed by atoms with Crippen LogP contribution < -0.4 is 0 Å². The number of carbonyl (C=O) groups is 3. The second-order valence-corrected chi connectivity index (χ2v) is 12.2. The van der Waals surface area contributed by atoms with Gasteiger partial charge in [-0.25, -0.2) is 0 Å². The summed E-state index contributed by atoms with van der Waals surface area (Å²) in [4.78, 5) is 39.7. The van der Waals surface area contributed by atoms with Crippen LogP contribution >= 0.6 is 0 Å². The minimum Gasteiger partial charge on any atom is -0.462 e. The second-order valence-electron chi connectivity index (χ2n) is 12.2. The molecule has 2 saturated heterocycles. The van der Waals surface area contributed by atoms with E-state index in [4.69, 9.17) is 18.9 Å². The van der Waals surface area contributed by atoms with Crippen molar-refractivity contribution in [3.8, 4) is 0 Å². The van der Waals surface area contributed by atoms with Crippen LogP contribution in [0.25, 0.3) is 0 Å². The zero-order chi connectivity index (χ0) is 29.7. The van der Waals surface area contributed by atoms with Crippen molar-refractivity contribution in [2.45, 2.75) is 122 Å². The fourth-order valence-corrected chi connectivity index (χ4v) is 6.17. The van der Waals surface area contributed by atoms with E-state index in [2.05, 4.69) is 0 Å². The maximum absolute atomic E-state index is 13.1. The van der Waals surface area contributed by atoms with Crippen molar-refractivity contribution in [1.82, 2.24) is 4.90 Å². The lowest BCUT2D eigenvalue weighted by atomic mass is 9.79. The van der Waals surface area contributed by atoms with E-state index in [0.29, 0.717) is 19.3 Å². The van der Waals surface area contributed by atoms with E-state index >= 15 is 0 Å². The van der Waals surface area contributed by atoms with Gasteiger partial charge in [0.1, 0.15) is 24.6 Å². The van der Waals surface area contributed by atoms with Crippen molar-refractivity contribution >= 4 is 18.0 Å². The number of cyclic esters (lactones) is 1. The maximum Gasteiger partial charge on any atom is 0.308 e. The number of ketones is 1. The number of hydrogen-bond donors (Lipinski definition) is 2. The van der Waals surface area contributed by atoms with Gasteiger partial charge < -0.3 is 38.9 Å². The number of hydrogen-bond acceptors (Lipinski definition) is 10. The molecule has 13 unspecified atom stereocenters. The lowest BCUT2D eigenvalue weighted by Crippen LogP contribution is -2.56. The third-order valence-electron chi connectivity index (χ3n) is 8.88. The molecule has 0 aromatic heterocycles. The maximum atomic E-state index is 13.1. The summed E-state index contributed by atoms with van der Waals surface area (Å²) < 4.78 is 24.0. The van der Waals surface area contributed by atoms with E-state index in [0.717, 1.165) is 6.29 Å². The van der Waals surface area contributed by atoms with Crippen LogP contribution in [0.3, 0.4) is 0 Å². The number of aliphatic hydroxyl groups is 2. The molecule has 3 aliphatic heterocycles. The number of esters is 1. The zero-order valence-corrected chi connectivity index (χ0v) is 25.0. The van der Waals surface area contributed by atoms with Crippen LogP contribution in [0.5, 0.6) is 0 Å². The van der Waals surface area contributed by atoms with Crippen molar-refractivity contribution < 1.29 is 43.5 Å². The van der Waals surface area contributed by atoms with Crippen molar-refractivity contribution in [1.29, 1.82) is 0 Å². The summed E-state index contributed by atoms with van der Waals surface area (Å²) in [6, 6.07) is -0.216. The topological polar surface area (TPSA) is 135 Å². The van der Waals surface area contributed by atoms with Gasteiger partial charge in [0.2, 0.25) is 0 Å². The number of rotatable bonds is 6. The van der Waals surface area contributed by atoms with Gasteiger partial charge >= 0.3 is 5.97 Å². The summed E-state index contributed by atoms with van der Waals surface area (Å²) in [5.41, 5.74) is 0. The third-order valence-corrected chi connectivity index (χ3v) is 8.88. The van der Waals surface area contributed by atoms with Crippen LogP contribution in [-0.2, 0) is 33.3 Å². The van der Waals surface area contributed by atoms with Gasteiger partial charge in [0.15, 0.2) is 12.1 Å². The van der Waals surface area contributed by atoms with Gasteiger partial charge in [-0.1, -0.05) is 27.7 Å². The summed E-state index contributed by atoms with van der Waals surface area (Å²) in [7, 11) is 3.76. The van der Waals surface area contributed by atoms with E-state index in [1.54, 1.807) is 19.9 Å². The SMILES string of the molecule is CCC1OC(=O)CC(O)C(C)C(OC2OC(C)CC(N(C)C)C2O)C(CC=O)CC(C)C(=O)C=CC2OC2C1C. The Labute approximate surface area is 238 Å². The summed E-state index contributed by atoms with van der Waals surface area (Å²) in [6.45, 7) is 9.34. The predicted octanol–water partition coefficient (Wildman–Crippen LogP) is 2.28. The lowest BCUT2D eigenvalue weighted by Gasteiger charge is -2.44. The summed E-state index contributed by atoms with van der Waals surface area (Å²) in [6.07, 6.45) is 0.502. The fourth-order valence-electron chi connectivity index (χ4n) is 6.17. The van der Waals surface area contributed by atoms with Crippen LogP contribution in [0.15, 0.2) is 12.2 Å². The first-order chi connectivity index (χ1) is 18.9. The molecule has 2 fully saturated rings. The normalized spacial score (nSPS) is 43.7. The summed E-state index contributed by atoms with van der Waals surface area (Å²) in [5.74, 6) is -2.24. The Morgan fingerprint density at radius 1 is 1.07 bits per heavy atom. The number of allylic oxidation sites excluding steroid dienone is 1. The minimum atomic E-state index is -1.15. The first-order valence-corrected chi connectivity index (χ1v) is 14.7. The Morgan fingerprint density at radius 3 is 2.40 bits per heavy atom. The number of fused-ring (bicyclic) bond motifs is 1. The van der Waals surface area contributed by atoms with Gasteiger partial charge in [0.05, 0.1) is 30.8 Å². The van der Waals surface area contributed by atoms with E-state index in [1.165, 1.54) is 6.08 Å². The van der Waals surface area contributed by atoms with Gasteiger partial charge in [0, 0.05) is 30.2 Å². The molecule has 3 heterocycles. The Bertz CT molecular complexity index is 894. The summed E-state index contributed by atoms with van der Waals surface area (Å²) >= 11 is 0. The molecule has 2 N–H and O–H groups in total. The predicted molar refractivity (Wildman–Crippen MR) is 147 cm³/mol. The molecular weight excluding hydrogens is 518 g/mol. The van der Waals surface area contributed by atoms with Gasteiger partial charge in [-0.05, 0) is 58.4 Å². The van der Waals surface area contributed by atoms with Gasteiger partial charge in [-0.2, -0.15) is 0 Å². The molecule has 228 valence electrons. The molecule has 0 bridgehead atoms. The fraction of sp³-hybridized carbons (Fsp3) is 0.833. The molecule has 10 nitrogen and oxygen atoms in total. The number of nitrogens with zero attached hydrogens (tertiary/aromatic N) is 1. The van der Waals surface area contributed by atoms with E-state index in [-0.39, 0.29) is 48.9 Å². The molecular formula is C30H49NO9. The van der Waals surface area contributed by atoms with Crippen molar-refractivity contribution in [2.75, 3.05) is 14.1 Å². The van der Waals surface area contributed by atoms with E-state index in [9.17, 15) is 24.6 Å². The largest absolute Gasteiger partial charge is 0.462 e. The average Bonchev–Trinajstić information content (AvgIpc) is 3.68. The van der Waals surface area contributed by atoms with Crippen LogP contribution in [0, 0.1) is 23.7 Å². The number of ether oxygens (including phenoxy) is 4. The van der Waals surface area contributed by atoms with Gasteiger partial charge in [0.25, 0.3) is 0 Å². The highest BCUT2D eigenvalue weighted by atomic mass is 16.7. The second kappa shape index (κ2) is 14.5. The smallest absolute Gasteiger partial charge is 0.308 e. The van der Waals surface area contributed by atoms with Crippen molar-refractivity contribution in [3.05, 3.63) is 12.2 Å². The third kappa shape index (κ3) is 8.20. The Kier molecular flexibility index (Phi) is 11.9.